The molecule has 3 nitrogen and oxygen atoms in total. The molecular weight excluding hydrogens is 172 g/mol. The van der Waals surface area contributed by atoms with Crippen molar-refractivity contribution in [3.05, 3.63) is 16.1 Å². The molecule has 0 aliphatic heterocycles. The van der Waals surface area contributed by atoms with Crippen LogP contribution in [-0.2, 0) is 17.6 Å². The first-order valence-electron chi connectivity index (χ1n) is 3.90. The van der Waals surface area contributed by atoms with Gasteiger partial charge in [-0.1, -0.05) is 6.92 Å². The molecule has 0 unspecified atom stereocenters. The number of aromatic nitrogens is 1. The summed E-state index contributed by atoms with van der Waals surface area (Å²) in [5, 5.41) is 5.46. The minimum absolute atomic E-state index is 0.0204. The predicted octanol–water partition coefficient (Wildman–Crippen LogP) is 0.994. The Morgan fingerprint density at radius 1 is 1.75 bits per heavy atom. The second-order valence-corrected chi connectivity index (χ2v) is 3.38. The third kappa shape index (κ3) is 2.30. The molecule has 1 aromatic rings. The monoisotopic (exact) mass is 184 g/mol. The van der Waals surface area contributed by atoms with Crippen LogP contribution in [0.25, 0.3) is 0 Å². The number of thiazole rings is 1. The van der Waals surface area contributed by atoms with Gasteiger partial charge in [-0.15, -0.1) is 11.3 Å². The van der Waals surface area contributed by atoms with Gasteiger partial charge < -0.3 is 5.32 Å². The van der Waals surface area contributed by atoms with Gasteiger partial charge in [0.25, 0.3) is 0 Å². The zero-order valence-corrected chi connectivity index (χ0v) is 8.07. The van der Waals surface area contributed by atoms with Crippen molar-refractivity contribution in [1.82, 2.24) is 10.3 Å². The number of likely N-dealkylation sites (N-methyl/N-ethyl adjacent to an activating group) is 1. The number of amides is 1. The van der Waals surface area contributed by atoms with Crippen LogP contribution in [-0.4, -0.2) is 17.9 Å². The molecule has 0 aliphatic rings. The summed E-state index contributed by atoms with van der Waals surface area (Å²) in [5.74, 6) is 0.0204. The van der Waals surface area contributed by atoms with Gasteiger partial charge >= 0.3 is 0 Å². The van der Waals surface area contributed by atoms with Crippen LogP contribution in [0.3, 0.4) is 0 Å². The Morgan fingerprint density at radius 2 is 2.50 bits per heavy atom. The maximum atomic E-state index is 10.9. The highest BCUT2D eigenvalue weighted by molar-refractivity contribution is 7.09. The lowest BCUT2D eigenvalue weighted by Gasteiger charge is -1.93. The van der Waals surface area contributed by atoms with Gasteiger partial charge in [0.2, 0.25) is 5.91 Å². The SMILES string of the molecule is CCc1csc(CC(=O)NC)n1. The molecular formula is C8H12N2OS. The van der Waals surface area contributed by atoms with Crippen molar-refractivity contribution in [3.63, 3.8) is 0 Å². The smallest absolute Gasteiger partial charge is 0.226 e. The summed E-state index contributed by atoms with van der Waals surface area (Å²) in [6.45, 7) is 2.05. The van der Waals surface area contributed by atoms with Crippen LogP contribution >= 0.6 is 11.3 Å². The van der Waals surface area contributed by atoms with E-state index >= 15 is 0 Å². The van der Waals surface area contributed by atoms with E-state index in [9.17, 15) is 4.79 Å². The lowest BCUT2D eigenvalue weighted by atomic mass is 10.4. The van der Waals surface area contributed by atoms with E-state index in [2.05, 4.69) is 17.2 Å². The maximum Gasteiger partial charge on any atom is 0.226 e. The molecule has 1 aromatic heterocycles. The molecule has 0 saturated heterocycles. The van der Waals surface area contributed by atoms with Crippen molar-refractivity contribution in [2.24, 2.45) is 0 Å². The van der Waals surface area contributed by atoms with E-state index in [1.165, 1.54) is 0 Å². The molecule has 0 atom stereocenters. The van der Waals surface area contributed by atoms with Crippen molar-refractivity contribution in [2.75, 3.05) is 7.05 Å². The van der Waals surface area contributed by atoms with E-state index in [-0.39, 0.29) is 5.91 Å². The number of nitrogens with zero attached hydrogens (tertiary/aromatic N) is 1. The van der Waals surface area contributed by atoms with Gasteiger partial charge in [0.1, 0.15) is 5.01 Å². The van der Waals surface area contributed by atoms with E-state index in [1.54, 1.807) is 18.4 Å². The Morgan fingerprint density at radius 3 is 3.00 bits per heavy atom. The maximum absolute atomic E-state index is 10.9. The Balaban J connectivity index is 2.58. The molecule has 0 bridgehead atoms. The summed E-state index contributed by atoms with van der Waals surface area (Å²) in [4.78, 5) is 15.2. The number of aryl methyl sites for hydroxylation is 1. The first-order valence-corrected chi connectivity index (χ1v) is 4.78. The topological polar surface area (TPSA) is 42.0 Å². The van der Waals surface area contributed by atoms with Crippen molar-refractivity contribution < 1.29 is 4.79 Å². The molecule has 0 spiro atoms. The van der Waals surface area contributed by atoms with Crippen LogP contribution < -0.4 is 5.32 Å². The fourth-order valence-corrected chi connectivity index (χ4v) is 1.69. The van der Waals surface area contributed by atoms with Crippen molar-refractivity contribution in [1.29, 1.82) is 0 Å². The standard InChI is InChI=1S/C8H12N2OS/c1-3-6-5-12-8(10-6)4-7(11)9-2/h5H,3-4H2,1-2H3,(H,9,11). The third-order valence-electron chi connectivity index (χ3n) is 1.55. The normalized spacial score (nSPS) is 9.83. The average molecular weight is 184 g/mol. The Kier molecular flexibility index (Phi) is 3.22. The van der Waals surface area contributed by atoms with E-state index in [1.807, 2.05) is 5.38 Å². The minimum atomic E-state index is 0.0204. The molecule has 12 heavy (non-hydrogen) atoms. The zero-order chi connectivity index (χ0) is 8.97. The summed E-state index contributed by atoms with van der Waals surface area (Å²) in [7, 11) is 1.64. The van der Waals surface area contributed by atoms with Crippen molar-refractivity contribution in [3.8, 4) is 0 Å². The van der Waals surface area contributed by atoms with Crippen LogP contribution in [0.4, 0.5) is 0 Å². The molecule has 1 heterocycles. The number of hydrogen-bond acceptors (Lipinski definition) is 3. The molecule has 1 amide bonds. The van der Waals surface area contributed by atoms with Crippen LogP contribution in [0.5, 0.6) is 0 Å². The minimum Gasteiger partial charge on any atom is -0.359 e. The Bertz CT molecular complexity index is 270. The van der Waals surface area contributed by atoms with Gasteiger partial charge in [-0.2, -0.15) is 0 Å². The molecule has 66 valence electrons. The van der Waals surface area contributed by atoms with Crippen LogP contribution in [0.1, 0.15) is 17.6 Å². The number of rotatable bonds is 3. The first-order chi connectivity index (χ1) is 5.76. The molecule has 0 aliphatic carbocycles. The Hall–Kier alpha value is -0.900. The molecule has 1 N–H and O–H groups in total. The largest absolute Gasteiger partial charge is 0.359 e. The summed E-state index contributed by atoms with van der Waals surface area (Å²) >= 11 is 1.55. The highest BCUT2D eigenvalue weighted by atomic mass is 32.1. The fraction of sp³-hybridized carbons (Fsp3) is 0.500. The average Bonchev–Trinajstić information content (AvgIpc) is 2.52. The van der Waals surface area contributed by atoms with E-state index in [0.29, 0.717) is 6.42 Å². The number of carbonyl (C=O) groups is 1. The van der Waals surface area contributed by atoms with Crippen molar-refractivity contribution in [2.45, 2.75) is 19.8 Å². The first kappa shape index (κ1) is 9.19. The fourth-order valence-electron chi connectivity index (χ4n) is 0.818. The predicted molar refractivity (Wildman–Crippen MR) is 49.3 cm³/mol. The van der Waals surface area contributed by atoms with Crippen LogP contribution in [0.15, 0.2) is 5.38 Å². The van der Waals surface area contributed by atoms with E-state index in [4.69, 9.17) is 0 Å². The molecule has 1 rings (SSSR count). The molecule has 4 heteroatoms. The number of nitrogens with one attached hydrogen (secondary N) is 1. The second-order valence-electron chi connectivity index (χ2n) is 2.44. The van der Waals surface area contributed by atoms with Gasteiger partial charge in [-0.3, -0.25) is 4.79 Å². The highest BCUT2D eigenvalue weighted by Gasteiger charge is 2.04. The summed E-state index contributed by atoms with van der Waals surface area (Å²) in [5.41, 5.74) is 1.07. The molecule has 0 fully saturated rings. The van der Waals surface area contributed by atoms with Gasteiger partial charge in [-0.05, 0) is 6.42 Å². The summed E-state index contributed by atoms with van der Waals surface area (Å²) in [6, 6.07) is 0. The zero-order valence-electron chi connectivity index (χ0n) is 7.26. The summed E-state index contributed by atoms with van der Waals surface area (Å²) < 4.78 is 0. The third-order valence-corrected chi connectivity index (χ3v) is 2.45. The highest BCUT2D eigenvalue weighted by Crippen LogP contribution is 2.10. The lowest BCUT2D eigenvalue weighted by molar-refractivity contribution is -0.119. The van der Waals surface area contributed by atoms with Gasteiger partial charge in [0.15, 0.2) is 0 Å². The van der Waals surface area contributed by atoms with Gasteiger partial charge in [0.05, 0.1) is 12.1 Å². The molecule has 0 saturated carbocycles. The van der Waals surface area contributed by atoms with Crippen LogP contribution in [0, 0.1) is 0 Å². The quantitative estimate of drug-likeness (QED) is 0.761. The summed E-state index contributed by atoms with van der Waals surface area (Å²) in [6.07, 6.45) is 1.34. The lowest BCUT2D eigenvalue weighted by Crippen LogP contribution is -2.19. The molecule has 0 aromatic carbocycles. The van der Waals surface area contributed by atoms with E-state index < -0.39 is 0 Å². The number of hydrogen-bond donors (Lipinski definition) is 1. The number of carbonyl (C=O) groups excluding carboxylic acids is 1. The second kappa shape index (κ2) is 4.21. The van der Waals surface area contributed by atoms with Crippen LogP contribution in [0.2, 0.25) is 0 Å². The van der Waals surface area contributed by atoms with E-state index in [0.717, 1.165) is 17.1 Å². The molecule has 0 radical (unpaired) electrons. The Labute approximate surface area is 75.8 Å². The van der Waals surface area contributed by atoms with Gasteiger partial charge in [-0.25, -0.2) is 4.98 Å². The van der Waals surface area contributed by atoms with Gasteiger partial charge in [0, 0.05) is 12.4 Å². The van der Waals surface area contributed by atoms with Crippen molar-refractivity contribution >= 4 is 17.2 Å².